The van der Waals surface area contributed by atoms with E-state index in [0.29, 0.717) is 59.8 Å². The summed E-state index contributed by atoms with van der Waals surface area (Å²) in [4.78, 5) is 18.0. The third-order valence-electron chi connectivity index (χ3n) is 9.45. The van der Waals surface area contributed by atoms with E-state index >= 15 is 4.39 Å². The van der Waals surface area contributed by atoms with Gasteiger partial charge in [0, 0.05) is 64.9 Å². The number of alkyl halides is 2. The molecular formula is C31H33F3N8OS. The number of piperazine rings is 1. The second kappa shape index (κ2) is 11.0. The molecule has 2 bridgehead atoms. The van der Waals surface area contributed by atoms with Crippen LogP contribution in [0.15, 0.2) is 24.4 Å². The Labute approximate surface area is 256 Å². The maximum absolute atomic E-state index is 16.7. The van der Waals surface area contributed by atoms with E-state index in [4.69, 9.17) is 15.5 Å². The van der Waals surface area contributed by atoms with Gasteiger partial charge in [0.1, 0.15) is 28.1 Å². The number of nitrogens with one attached hydrogen (secondary N) is 1. The van der Waals surface area contributed by atoms with Gasteiger partial charge in [-0.2, -0.15) is 15.2 Å². The molecule has 0 radical (unpaired) electrons. The van der Waals surface area contributed by atoms with Crippen LogP contribution in [0.25, 0.3) is 32.2 Å². The highest BCUT2D eigenvalue weighted by Crippen LogP contribution is 2.42. The van der Waals surface area contributed by atoms with Gasteiger partial charge in [-0.15, -0.1) is 11.3 Å². The summed E-state index contributed by atoms with van der Waals surface area (Å²) < 4.78 is 51.7. The fraction of sp³-hybridized carbons (Fsp3) is 0.484. The standard InChI is InChI=1S/C31H33F3N8OS/c1-31(14-41(2)9-8-21(31)27(33)34)15-43-30-39-26-20(29(40-30)42-12-16-6-7-17(13-42)38-16)11-37-25(24(26)32)18-4-3-5-22-23(18)19(10-35)28(36)44-22/h3-5,11,16-17,21,27,38H,6-9,12-15,36H2,1-2H3/t16-,17+,21-,31+/m1/s1. The number of halogens is 3. The van der Waals surface area contributed by atoms with Gasteiger partial charge < -0.3 is 25.6 Å². The second-order valence-corrected chi connectivity index (χ2v) is 13.7. The minimum absolute atomic E-state index is 0.0240. The SMILES string of the molecule is CN1CC[C@H](C(F)F)[C@](C)(COc2nc(N3C[C@H]4CC[C@@H](C3)N4)c3cnc(-c4cccc5sc(N)c(C#N)c45)c(F)c3n2)C1. The Kier molecular flexibility index (Phi) is 7.26. The van der Waals surface area contributed by atoms with Gasteiger partial charge in [-0.05, 0) is 38.9 Å². The predicted octanol–water partition coefficient (Wildman–Crippen LogP) is 5.04. The van der Waals surface area contributed by atoms with Gasteiger partial charge in [-0.1, -0.05) is 19.1 Å². The number of pyridine rings is 1. The van der Waals surface area contributed by atoms with Crippen molar-refractivity contribution in [3.63, 3.8) is 0 Å². The first-order valence-electron chi connectivity index (χ1n) is 14.8. The summed E-state index contributed by atoms with van der Waals surface area (Å²) in [5, 5.41) is 14.7. The van der Waals surface area contributed by atoms with Crippen LogP contribution in [0.1, 0.15) is 31.7 Å². The van der Waals surface area contributed by atoms with Crippen LogP contribution in [0.5, 0.6) is 6.01 Å². The van der Waals surface area contributed by atoms with Crippen molar-refractivity contribution in [1.29, 1.82) is 5.26 Å². The minimum Gasteiger partial charge on any atom is -0.463 e. The lowest BCUT2D eigenvalue weighted by Crippen LogP contribution is -2.51. The van der Waals surface area contributed by atoms with Crippen LogP contribution in [0, 0.1) is 28.5 Å². The molecule has 3 aromatic heterocycles. The molecule has 44 heavy (non-hydrogen) atoms. The van der Waals surface area contributed by atoms with Crippen LogP contribution >= 0.6 is 11.3 Å². The molecule has 7 rings (SSSR count). The quantitative estimate of drug-likeness (QED) is 0.305. The fourth-order valence-electron chi connectivity index (χ4n) is 7.29. The first kappa shape index (κ1) is 29.0. The molecule has 6 heterocycles. The Morgan fingerprint density at radius 3 is 2.73 bits per heavy atom. The molecule has 4 atom stereocenters. The number of piperidine rings is 1. The second-order valence-electron chi connectivity index (χ2n) is 12.6. The zero-order valence-corrected chi connectivity index (χ0v) is 25.3. The average Bonchev–Trinajstić information content (AvgIpc) is 3.52. The molecule has 3 N–H and O–H groups in total. The number of nitrogen functional groups attached to an aromatic ring is 1. The molecule has 3 saturated heterocycles. The Hall–Kier alpha value is -3.73. The van der Waals surface area contributed by atoms with Gasteiger partial charge in [0.05, 0.1) is 17.6 Å². The summed E-state index contributed by atoms with van der Waals surface area (Å²) >= 11 is 1.26. The van der Waals surface area contributed by atoms with Gasteiger partial charge in [-0.3, -0.25) is 4.98 Å². The van der Waals surface area contributed by atoms with Gasteiger partial charge in [0.2, 0.25) is 6.43 Å². The van der Waals surface area contributed by atoms with Crippen molar-refractivity contribution in [2.45, 2.75) is 44.7 Å². The van der Waals surface area contributed by atoms with Crippen LogP contribution in [0.3, 0.4) is 0 Å². The number of hydrogen-bond acceptors (Lipinski definition) is 10. The van der Waals surface area contributed by atoms with E-state index in [1.54, 1.807) is 25.3 Å². The Bertz CT molecular complexity index is 1780. The monoisotopic (exact) mass is 622 g/mol. The first-order valence-corrected chi connectivity index (χ1v) is 15.6. The lowest BCUT2D eigenvalue weighted by molar-refractivity contribution is -0.0679. The predicted molar refractivity (Wildman–Crippen MR) is 165 cm³/mol. The van der Waals surface area contributed by atoms with E-state index in [1.807, 2.05) is 18.0 Å². The van der Waals surface area contributed by atoms with E-state index in [1.165, 1.54) is 11.3 Å². The number of ether oxygens (including phenoxy) is 1. The number of benzene rings is 1. The lowest BCUT2D eigenvalue weighted by Gasteiger charge is -2.44. The van der Waals surface area contributed by atoms with Crippen LogP contribution in [-0.4, -0.2) is 78.2 Å². The van der Waals surface area contributed by atoms with Crippen molar-refractivity contribution >= 4 is 43.1 Å². The molecule has 0 unspecified atom stereocenters. The number of anilines is 2. The molecular weight excluding hydrogens is 589 g/mol. The van der Waals surface area contributed by atoms with Crippen LogP contribution in [0.4, 0.5) is 24.0 Å². The number of nitrogens with two attached hydrogens (primary N) is 1. The fourth-order valence-corrected chi connectivity index (χ4v) is 8.24. The Morgan fingerprint density at radius 2 is 2.00 bits per heavy atom. The summed E-state index contributed by atoms with van der Waals surface area (Å²) in [6, 6.07) is 7.98. The van der Waals surface area contributed by atoms with Crippen molar-refractivity contribution < 1.29 is 17.9 Å². The topological polar surface area (TPSA) is 116 Å². The molecule has 13 heteroatoms. The lowest BCUT2D eigenvalue weighted by atomic mass is 9.73. The molecule has 0 aliphatic carbocycles. The van der Waals surface area contributed by atoms with E-state index < -0.39 is 23.6 Å². The maximum atomic E-state index is 16.7. The van der Waals surface area contributed by atoms with Crippen molar-refractivity contribution in [1.82, 2.24) is 25.2 Å². The number of rotatable bonds is 6. The van der Waals surface area contributed by atoms with Crippen LogP contribution in [-0.2, 0) is 0 Å². The van der Waals surface area contributed by atoms with E-state index in [0.717, 1.165) is 17.5 Å². The van der Waals surface area contributed by atoms with Crippen molar-refractivity contribution in [2.75, 3.05) is 50.5 Å². The summed E-state index contributed by atoms with van der Waals surface area (Å²) in [5.41, 5.74) is 6.04. The average molecular weight is 623 g/mol. The third kappa shape index (κ3) is 4.89. The summed E-state index contributed by atoms with van der Waals surface area (Å²) in [5.74, 6) is -1.01. The summed E-state index contributed by atoms with van der Waals surface area (Å²) in [6.45, 7) is 4.14. The number of nitrogens with zero attached hydrogens (tertiary/aromatic N) is 6. The highest BCUT2D eigenvalue weighted by molar-refractivity contribution is 7.23. The van der Waals surface area contributed by atoms with Crippen molar-refractivity contribution in [2.24, 2.45) is 11.3 Å². The summed E-state index contributed by atoms with van der Waals surface area (Å²) in [7, 11) is 1.91. The van der Waals surface area contributed by atoms with Crippen LogP contribution < -0.4 is 20.7 Å². The molecule has 230 valence electrons. The molecule has 0 amide bonds. The largest absolute Gasteiger partial charge is 0.463 e. The highest BCUT2D eigenvalue weighted by atomic mass is 32.1. The van der Waals surface area contributed by atoms with Gasteiger partial charge in [0.25, 0.3) is 0 Å². The van der Waals surface area contributed by atoms with Gasteiger partial charge in [0.15, 0.2) is 5.82 Å². The van der Waals surface area contributed by atoms with E-state index in [-0.39, 0.29) is 41.5 Å². The first-order chi connectivity index (χ1) is 21.1. The zero-order chi connectivity index (χ0) is 30.7. The minimum atomic E-state index is -2.49. The number of likely N-dealkylation sites (tertiary alicyclic amines) is 1. The Morgan fingerprint density at radius 1 is 1.23 bits per heavy atom. The normalized spacial score (nSPS) is 25.7. The smallest absolute Gasteiger partial charge is 0.319 e. The number of thiophene rings is 1. The van der Waals surface area contributed by atoms with Gasteiger partial charge >= 0.3 is 6.01 Å². The Balaban J connectivity index is 1.34. The number of hydrogen-bond donors (Lipinski definition) is 2. The molecule has 3 aliphatic rings. The molecule has 3 aliphatic heterocycles. The molecule has 1 aromatic carbocycles. The molecule has 0 saturated carbocycles. The number of nitriles is 1. The third-order valence-corrected chi connectivity index (χ3v) is 10.4. The van der Waals surface area contributed by atoms with E-state index in [9.17, 15) is 14.0 Å². The zero-order valence-electron chi connectivity index (χ0n) is 24.5. The molecule has 0 spiro atoms. The van der Waals surface area contributed by atoms with Gasteiger partial charge in [-0.25, -0.2) is 13.2 Å². The van der Waals surface area contributed by atoms with Crippen LogP contribution in [0.2, 0.25) is 0 Å². The van der Waals surface area contributed by atoms with Crippen molar-refractivity contribution in [3.05, 3.63) is 35.8 Å². The number of fused-ring (bicyclic) bond motifs is 4. The molecule has 4 aromatic rings. The molecule has 9 nitrogen and oxygen atoms in total. The highest BCUT2D eigenvalue weighted by Gasteiger charge is 2.44. The maximum Gasteiger partial charge on any atom is 0.319 e. The summed E-state index contributed by atoms with van der Waals surface area (Å²) in [6.07, 6.45) is 1.52. The van der Waals surface area contributed by atoms with Crippen molar-refractivity contribution in [3.8, 4) is 23.3 Å². The number of aromatic nitrogens is 3. The molecule has 3 fully saturated rings. The van der Waals surface area contributed by atoms with E-state index in [2.05, 4.69) is 26.3 Å².